The minimum absolute atomic E-state index is 0.116. The lowest BCUT2D eigenvalue weighted by Crippen LogP contribution is -2.33. The zero-order valence-corrected chi connectivity index (χ0v) is 36.0. The fourth-order valence-electron chi connectivity index (χ4n) is 10.3. The van der Waals surface area contributed by atoms with Crippen molar-refractivity contribution in [2.75, 3.05) is 7.05 Å². The maximum atomic E-state index is 5.31. The highest BCUT2D eigenvalue weighted by Gasteiger charge is 2.26. The van der Waals surface area contributed by atoms with E-state index >= 15 is 0 Å². The van der Waals surface area contributed by atoms with Crippen molar-refractivity contribution in [3.05, 3.63) is 210 Å². The van der Waals surface area contributed by atoms with Gasteiger partial charge in [0.25, 0.3) is 0 Å². The summed E-state index contributed by atoms with van der Waals surface area (Å²) in [6.07, 6.45) is 30.2. The Hall–Kier alpha value is -6.95. The predicted molar refractivity (Wildman–Crippen MR) is 266 cm³/mol. The number of allylic oxidation sites excluding steroid dienone is 10. The number of amidine groups is 1. The molecule has 5 heteroatoms. The summed E-state index contributed by atoms with van der Waals surface area (Å²) < 4.78 is 4.94. The van der Waals surface area contributed by atoms with E-state index in [-0.39, 0.29) is 6.17 Å². The largest absolute Gasteiger partial charge is 0.373 e. The van der Waals surface area contributed by atoms with Crippen molar-refractivity contribution in [3.8, 4) is 16.8 Å². The van der Waals surface area contributed by atoms with Crippen LogP contribution < -0.4 is 10.6 Å². The average Bonchev–Trinajstić information content (AvgIpc) is 3.87. The van der Waals surface area contributed by atoms with Gasteiger partial charge >= 0.3 is 0 Å². The number of hydrogen-bond acceptors (Lipinski definition) is 2. The summed E-state index contributed by atoms with van der Waals surface area (Å²) in [5.41, 5.74) is 16.8. The second-order valence-electron chi connectivity index (χ2n) is 17.3. The van der Waals surface area contributed by atoms with Crippen molar-refractivity contribution in [2.24, 2.45) is 10.9 Å². The third kappa shape index (κ3) is 7.47. The number of fused-ring (bicyclic) bond motifs is 6. The Kier molecular flexibility index (Phi) is 10.6. The fraction of sp³-hybridized carbons (Fsp3) is 0.190. The molecule has 0 saturated heterocycles. The van der Waals surface area contributed by atoms with E-state index in [1.54, 1.807) is 0 Å². The number of benzene rings is 5. The Morgan fingerprint density at radius 1 is 0.683 bits per heavy atom. The molecule has 0 spiro atoms. The van der Waals surface area contributed by atoms with Gasteiger partial charge < -0.3 is 14.5 Å². The second-order valence-corrected chi connectivity index (χ2v) is 17.3. The molecule has 2 atom stereocenters. The number of nitrogens with one attached hydrogen (secondary N) is 2. The number of hydrogen-bond donors (Lipinski definition) is 2. The van der Waals surface area contributed by atoms with E-state index in [9.17, 15) is 0 Å². The number of likely N-dealkylation sites (N-methyl/N-ethyl adjacent to an activating group) is 1. The SMILES string of the molecule is CN/C(=N\C(NCc1ccccc1)C1=CCCC=C1)C1=CC=C(C2C=Cc3c(c4ccccc4n3-c3ccc(-c4ccc5c6ccccc6n(C6=CC=CCC6)c5c4)cc3)C2)CC1. The van der Waals surface area contributed by atoms with E-state index in [0.717, 1.165) is 57.3 Å². The van der Waals surface area contributed by atoms with Crippen LogP contribution in [-0.4, -0.2) is 28.2 Å². The topological polar surface area (TPSA) is 46.3 Å². The molecular formula is C58H53N5. The lowest BCUT2D eigenvalue weighted by molar-refractivity contribution is 0.591. The molecule has 4 aliphatic carbocycles. The molecule has 0 fully saturated rings. The van der Waals surface area contributed by atoms with Crippen molar-refractivity contribution in [3.63, 3.8) is 0 Å². The normalized spacial score (nSPS) is 18.0. The Labute approximate surface area is 370 Å². The van der Waals surface area contributed by atoms with Crippen molar-refractivity contribution >= 4 is 50.3 Å². The smallest absolute Gasteiger partial charge is 0.127 e. The van der Waals surface area contributed by atoms with Crippen molar-refractivity contribution in [1.29, 1.82) is 0 Å². The molecule has 2 N–H and O–H groups in total. The van der Waals surface area contributed by atoms with Crippen LogP contribution in [0.3, 0.4) is 0 Å². The minimum Gasteiger partial charge on any atom is -0.373 e. The molecule has 5 aromatic carbocycles. The third-order valence-electron chi connectivity index (χ3n) is 13.5. The van der Waals surface area contributed by atoms with Crippen LogP contribution in [0.15, 0.2) is 198 Å². The van der Waals surface area contributed by atoms with E-state index in [1.165, 1.54) is 88.8 Å². The number of rotatable bonds is 10. The summed E-state index contributed by atoms with van der Waals surface area (Å²) in [6.45, 7) is 0.763. The highest BCUT2D eigenvalue weighted by Crippen LogP contribution is 2.40. The van der Waals surface area contributed by atoms with E-state index < -0.39 is 0 Å². The van der Waals surface area contributed by atoms with E-state index in [4.69, 9.17) is 4.99 Å². The summed E-state index contributed by atoms with van der Waals surface area (Å²) in [7, 11) is 2.00. The Bertz CT molecular complexity index is 3120. The molecule has 5 nitrogen and oxygen atoms in total. The molecule has 4 aliphatic rings. The maximum Gasteiger partial charge on any atom is 0.127 e. The van der Waals surface area contributed by atoms with Crippen LogP contribution in [-0.2, 0) is 13.0 Å². The Morgan fingerprint density at radius 2 is 1.46 bits per heavy atom. The standard InChI is InChI=1S/C58H53N5/c1-59-57(61-58(43-17-7-3-8-18-43)60-39-40-15-5-2-6-16-40)44-27-25-41(26-28-44)45-32-36-55-52(37-45)50-22-12-14-24-54(50)62(55)48-33-29-42(30-34-48)46-31-35-51-49-21-11-13-23-53(49)63(56(51)38-46)47-19-9-4-10-20-47/h2,4-7,9,11-19,21-25,27,29-36,38,45,58,60H,3,8,10,20,26,28,37,39H2,1H3,(H,59,61). The van der Waals surface area contributed by atoms with Gasteiger partial charge in [-0.05, 0) is 121 Å². The first-order valence-electron chi connectivity index (χ1n) is 22.8. The molecule has 0 aliphatic heterocycles. The van der Waals surface area contributed by atoms with Gasteiger partial charge in [0, 0.05) is 52.7 Å². The first-order valence-corrected chi connectivity index (χ1v) is 22.8. The molecule has 2 heterocycles. The average molecular weight is 820 g/mol. The monoisotopic (exact) mass is 819 g/mol. The summed E-state index contributed by atoms with van der Waals surface area (Å²) in [5.74, 6) is 1.32. The van der Waals surface area contributed by atoms with Crippen LogP contribution in [0, 0.1) is 5.92 Å². The van der Waals surface area contributed by atoms with Gasteiger partial charge in [-0.15, -0.1) is 0 Å². The third-order valence-corrected chi connectivity index (χ3v) is 13.5. The number of aromatic nitrogens is 2. The minimum atomic E-state index is -0.116. The van der Waals surface area contributed by atoms with Gasteiger partial charge in [-0.3, -0.25) is 5.32 Å². The van der Waals surface area contributed by atoms with E-state index in [2.05, 4.69) is 202 Å². The van der Waals surface area contributed by atoms with Gasteiger partial charge in [0.05, 0.1) is 16.6 Å². The van der Waals surface area contributed by atoms with Crippen molar-refractivity contribution in [2.45, 2.75) is 57.7 Å². The van der Waals surface area contributed by atoms with Gasteiger partial charge in [-0.1, -0.05) is 145 Å². The quantitative estimate of drug-likeness (QED) is 0.107. The molecule has 0 radical (unpaired) electrons. The molecule has 11 rings (SSSR count). The molecule has 310 valence electrons. The van der Waals surface area contributed by atoms with Gasteiger partial charge in [0.1, 0.15) is 12.0 Å². The van der Waals surface area contributed by atoms with Gasteiger partial charge in [-0.2, -0.15) is 0 Å². The predicted octanol–water partition coefficient (Wildman–Crippen LogP) is 13.4. The van der Waals surface area contributed by atoms with E-state index in [0.29, 0.717) is 5.92 Å². The molecule has 2 aromatic heterocycles. The van der Waals surface area contributed by atoms with Crippen molar-refractivity contribution in [1.82, 2.24) is 19.8 Å². The van der Waals surface area contributed by atoms with E-state index in [1.807, 2.05) is 7.05 Å². The van der Waals surface area contributed by atoms with Crippen LogP contribution >= 0.6 is 0 Å². The van der Waals surface area contributed by atoms with Crippen LogP contribution in [0.1, 0.15) is 55.3 Å². The fourth-order valence-corrected chi connectivity index (χ4v) is 10.3. The van der Waals surface area contributed by atoms with Crippen molar-refractivity contribution < 1.29 is 0 Å². The van der Waals surface area contributed by atoms with Crippen LogP contribution in [0.4, 0.5) is 0 Å². The lowest BCUT2D eigenvalue weighted by atomic mass is 9.82. The summed E-state index contributed by atoms with van der Waals surface area (Å²) in [5, 5.41) is 11.1. The summed E-state index contributed by atoms with van der Waals surface area (Å²) >= 11 is 0. The molecule has 7 aromatic rings. The zero-order valence-electron chi connectivity index (χ0n) is 36.0. The molecule has 63 heavy (non-hydrogen) atoms. The van der Waals surface area contributed by atoms with Gasteiger partial charge in [-0.25, -0.2) is 4.99 Å². The Balaban J connectivity index is 0.864. The van der Waals surface area contributed by atoms with Crippen LogP contribution in [0.25, 0.3) is 61.3 Å². The van der Waals surface area contributed by atoms with Gasteiger partial charge in [0.15, 0.2) is 0 Å². The molecule has 0 amide bonds. The number of nitrogens with zero attached hydrogens (tertiary/aromatic N) is 3. The Morgan fingerprint density at radius 3 is 2.22 bits per heavy atom. The highest BCUT2D eigenvalue weighted by molar-refractivity contribution is 6.11. The maximum absolute atomic E-state index is 5.31. The zero-order chi connectivity index (χ0) is 42.1. The molecular weight excluding hydrogens is 767 g/mol. The molecule has 0 saturated carbocycles. The molecule has 2 unspecified atom stereocenters. The summed E-state index contributed by atoms with van der Waals surface area (Å²) in [6, 6.07) is 44.6. The summed E-state index contributed by atoms with van der Waals surface area (Å²) in [4.78, 5) is 5.31. The highest BCUT2D eigenvalue weighted by atomic mass is 15.1. The molecule has 0 bridgehead atoms. The number of aliphatic imine (C=N–C) groups is 1. The lowest BCUT2D eigenvalue weighted by Gasteiger charge is -2.25. The van der Waals surface area contributed by atoms with Gasteiger partial charge in [0.2, 0.25) is 0 Å². The first kappa shape index (κ1) is 38.9. The second kappa shape index (κ2) is 17.1. The number of para-hydroxylation sites is 2. The first-order chi connectivity index (χ1) is 31.2. The van der Waals surface area contributed by atoms with Crippen LogP contribution in [0.5, 0.6) is 0 Å². The van der Waals surface area contributed by atoms with Crippen LogP contribution in [0.2, 0.25) is 0 Å².